The Labute approximate surface area is 108 Å². The van der Waals surface area contributed by atoms with Gasteiger partial charge in [0.05, 0.1) is 5.41 Å². The molecule has 3 heteroatoms. The first-order valence-electron chi connectivity index (χ1n) is 6.56. The maximum absolute atomic E-state index is 11.8. The molecule has 1 aliphatic rings. The third kappa shape index (κ3) is 2.27. The Balaban J connectivity index is 2.39. The van der Waals surface area contributed by atoms with Crippen molar-refractivity contribution in [2.45, 2.75) is 32.1 Å². The highest BCUT2D eigenvalue weighted by atomic mass is 16.4. The fraction of sp³-hybridized carbons (Fsp3) is 0.533. The second kappa shape index (κ2) is 5.11. The largest absolute Gasteiger partial charge is 0.481 e. The van der Waals surface area contributed by atoms with Crippen molar-refractivity contribution in [2.75, 3.05) is 13.1 Å². The van der Waals surface area contributed by atoms with Crippen molar-refractivity contribution in [3.8, 4) is 0 Å². The Hall–Kier alpha value is -1.35. The number of nitrogens with one attached hydrogen (secondary N) is 1. The minimum absolute atomic E-state index is 0.207. The Kier molecular flexibility index (Phi) is 3.71. The topological polar surface area (TPSA) is 49.3 Å². The van der Waals surface area contributed by atoms with E-state index in [9.17, 15) is 9.90 Å². The molecule has 1 unspecified atom stereocenters. The van der Waals surface area contributed by atoms with Gasteiger partial charge in [0.25, 0.3) is 0 Å². The maximum atomic E-state index is 11.8. The Morgan fingerprint density at radius 2 is 2.06 bits per heavy atom. The number of benzene rings is 1. The van der Waals surface area contributed by atoms with Crippen molar-refractivity contribution in [1.82, 2.24) is 5.32 Å². The second-order valence-corrected chi connectivity index (χ2v) is 5.40. The number of aliphatic carboxylic acids is 1. The van der Waals surface area contributed by atoms with Crippen molar-refractivity contribution in [1.29, 1.82) is 0 Å². The number of hydrogen-bond acceptors (Lipinski definition) is 2. The quantitative estimate of drug-likeness (QED) is 0.862. The van der Waals surface area contributed by atoms with Gasteiger partial charge >= 0.3 is 5.97 Å². The van der Waals surface area contributed by atoms with E-state index in [1.54, 1.807) is 0 Å². The molecule has 1 aromatic carbocycles. The zero-order valence-electron chi connectivity index (χ0n) is 11.1. The molecular formula is C15H21NO2. The standard InChI is InChI=1S/C15H21NO2/c1-11-4-3-5-13(10-11)15(2,14(17)18)12-6-8-16-9-7-12/h3-5,10,12,16H,6-9H2,1-2H3,(H,17,18). The van der Waals surface area contributed by atoms with Crippen LogP contribution in [0.2, 0.25) is 0 Å². The number of hydrogen-bond donors (Lipinski definition) is 2. The Morgan fingerprint density at radius 1 is 1.39 bits per heavy atom. The molecule has 1 heterocycles. The predicted octanol–water partition coefficient (Wildman–Crippen LogP) is 2.34. The third-order valence-electron chi connectivity index (χ3n) is 4.22. The second-order valence-electron chi connectivity index (χ2n) is 5.40. The van der Waals surface area contributed by atoms with Crippen molar-refractivity contribution in [2.24, 2.45) is 5.92 Å². The average molecular weight is 247 g/mol. The summed E-state index contributed by atoms with van der Waals surface area (Å²) in [7, 11) is 0. The van der Waals surface area contributed by atoms with Gasteiger partial charge in [-0.3, -0.25) is 4.79 Å². The molecular weight excluding hydrogens is 226 g/mol. The lowest BCUT2D eigenvalue weighted by Gasteiger charge is -2.37. The van der Waals surface area contributed by atoms with E-state index in [2.05, 4.69) is 5.32 Å². The summed E-state index contributed by atoms with van der Waals surface area (Å²) in [5, 5.41) is 13.0. The molecule has 0 radical (unpaired) electrons. The van der Waals surface area contributed by atoms with Gasteiger partial charge in [-0.2, -0.15) is 0 Å². The summed E-state index contributed by atoms with van der Waals surface area (Å²) in [5.74, 6) is -0.502. The number of carboxylic acids is 1. The Morgan fingerprint density at radius 3 is 2.61 bits per heavy atom. The van der Waals surface area contributed by atoms with Gasteiger partial charge in [0, 0.05) is 0 Å². The lowest BCUT2D eigenvalue weighted by Crippen LogP contribution is -2.45. The van der Waals surface area contributed by atoms with E-state index in [1.807, 2.05) is 38.1 Å². The van der Waals surface area contributed by atoms with E-state index < -0.39 is 11.4 Å². The molecule has 98 valence electrons. The molecule has 0 aliphatic carbocycles. The van der Waals surface area contributed by atoms with Crippen LogP contribution in [0.1, 0.15) is 30.9 Å². The fourth-order valence-electron chi connectivity index (χ4n) is 2.90. The number of carbonyl (C=O) groups is 1. The highest BCUT2D eigenvalue weighted by Gasteiger charge is 2.43. The highest BCUT2D eigenvalue weighted by molar-refractivity contribution is 5.81. The molecule has 1 atom stereocenters. The molecule has 1 saturated heterocycles. The molecule has 1 fully saturated rings. The van der Waals surface area contributed by atoms with Crippen molar-refractivity contribution >= 4 is 5.97 Å². The summed E-state index contributed by atoms with van der Waals surface area (Å²) in [6, 6.07) is 7.92. The van der Waals surface area contributed by atoms with Gasteiger partial charge in [-0.15, -0.1) is 0 Å². The number of rotatable bonds is 3. The van der Waals surface area contributed by atoms with Crippen LogP contribution in [0, 0.1) is 12.8 Å². The van der Waals surface area contributed by atoms with Gasteiger partial charge in [0.2, 0.25) is 0 Å². The lowest BCUT2D eigenvalue weighted by molar-refractivity contribution is -0.146. The molecule has 1 aliphatic heterocycles. The van der Waals surface area contributed by atoms with Crippen LogP contribution in [-0.2, 0) is 10.2 Å². The molecule has 0 amide bonds. The summed E-state index contributed by atoms with van der Waals surface area (Å²) in [4.78, 5) is 11.8. The normalized spacial score (nSPS) is 20.3. The first-order valence-corrected chi connectivity index (χ1v) is 6.56. The van der Waals surface area contributed by atoms with Crippen LogP contribution < -0.4 is 5.32 Å². The SMILES string of the molecule is Cc1cccc(C(C)(C(=O)O)C2CCNCC2)c1. The van der Waals surface area contributed by atoms with Crippen LogP contribution in [0.3, 0.4) is 0 Å². The molecule has 0 spiro atoms. The van der Waals surface area contributed by atoms with Crippen molar-refractivity contribution in [3.63, 3.8) is 0 Å². The van der Waals surface area contributed by atoms with E-state index >= 15 is 0 Å². The van der Waals surface area contributed by atoms with Gasteiger partial charge in [-0.1, -0.05) is 29.8 Å². The number of piperidine rings is 1. The predicted molar refractivity (Wildman–Crippen MR) is 71.8 cm³/mol. The molecule has 2 rings (SSSR count). The lowest BCUT2D eigenvalue weighted by atomic mass is 9.68. The molecule has 2 N–H and O–H groups in total. The van der Waals surface area contributed by atoms with E-state index in [4.69, 9.17) is 0 Å². The van der Waals surface area contributed by atoms with Crippen LogP contribution in [0.5, 0.6) is 0 Å². The van der Waals surface area contributed by atoms with E-state index in [1.165, 1.54) is 0 Å². The first kappa shape index (κ1) is 13.1. The molecule has 0 saturated carbocycles. The fourth-order valence-corrected chi connectivity index (χ4v) is 2.90. The van der Waals surface area contributed by atoms with Gasteiger partial charge in [0.15, 0.2) is 0 Å². The maximum Gasteiger partial charge on any atom is 0.314 e. The first-order chi connectivity index (χ1) is 8.55. The molecule has 3 nitrogen and oxygen atoms in total. The summed E-state index contributed by atoms with van der Waals surface area (Å²) in [6.45, 7) is 5.72. The van der Waals surface area contributed by atoms with Crippen molar-refractivity contribution in [3.05, 3.63) is 35.4 Å². The summed E-state index contributed by atoms with van der Waals surface area (Å²) in [6.07, 6.45) is 1.85. The smallest absolute Gasteiger partial charge is 0.314 e. The average Bonchev–Trinajstić information content (AvgIpc) is 2.38. The van der Waals surface area contributed by atoms with Gasteiger partial charge in [-0.05, 0) is 51.3 Å². The third-order valence-corrected chi connectivity index (χ3v) is 4.22. The minimum atomic E-state index is -0.770. The van der Waals surface area contributed by atoms with Crippen LogP contribution in [-0.4, -0.2) is 24.2 Å². The zero-order valence-corrected chi connectivity index (χ0v) is 11.1. The summed E-state index contributed by atoms with van der Waals surface area (Å²) in [5.41, 5.74) is 1.28. The monoisotopic (exact) mass is 247 g/mol. The molecule has 0 aromatic heterocycles. The minimum Gasteiger partial charge on any atom is -0.481 e. The highest BCUT2D eigenvalue weighted by Crippen LogP contribution is 2.37. The Bertz CT molecular complexity index is 438. The van der Waals surface area contributed by atoms with Crippen LogP contribution in [0.15, 0.2) is 24.3 Å². The van der Waals surface area contributed by atoms with Gasteiger partial charge in [-0.25, -0.2) is 0 Å². The molecule has 0 bridgehead atoms. The summed E-state index contributed by atoms with van der Waals surface area (Å²) >= 11 is 0. The van der Waals surface area contributed by atoms with Gasteiger partial charge < -0.3 is 10.4 Å². The molecule has 1 aromatic rings. The van der Waals surface area contributed by atoms with E-state index in [0.717, 1.165) is 37.1 Å². The van der Waals surface area contributed by atoms with Crippen LogP contribution in [0.4, 0.5) is 0 Å². The van der Waals surface area contributed by atoms with Gasteiger partial charge in [0.1, 0.15) is 0 Å². The molecule has 18 heavy (non-hydrogen) atoms. The van der Waals surface area contributed by atoms with Crippen molar-refractivity contribution < 1.29 is 9.90 Å². The van der Waals surface area contributed by atoms with E-state index in [-0.39, 0.29) is 5.92 Å². The summed E-state index contributed by atoms with van der Waals surface area (Å²) < 4.78 is 0. The number of aryl methyl sites for hydroxylation is 1. The van der Waals surface area contributed by atoms with E-state index in [0.29, 0.717) is 0 Å². The zero-order chi connectivity index (χ0) is 13.2. The van der Waals surface area contributed by atoms with Crippen LogP contribution in [0.25, 0.3) is 0 Å². The van der Waals surface area contributed by atoms with Crippen LogP contribution >= 0.6 is 0 Å². The number of carboxylic acid groups (broad SMARTS) is 1.